The van der Waals surface area contributed by atoms with Gasteiger partial charge in [-0.1, -0.05) is 18.2 Å². The van der Waals surface area contributed by atoms with Crippen LogP contribution in [0.4, 0.5) is 11.5 Å². The maximum Gasteiger partial charge on any atom is 0.263 e. The van der Waals surface area contributed by atoms with Crippen molar-refractivity contribution in [2.75, 3.05) is 17.2 Å². The van der Waals surface area contributed by atoms with Crippen LogP contribution < -0.4 is 10.6 Å². The molecule has 2 aromatic rings. The number of fused-ring (bicyclic) bond motifs is 1. The summed E-state index contributed by atoms with van der Waals surface area (Å²) in [6, 6.07) is 7.95. The summed E-state index contributed by atoms with van der Waals surface area (Å²) in [5.41, 5.74) is 8.49. The average Bonchev–Trinajstić information content (AvgIpc) is 2.94. The minimum Gasteiger partial charge on any atom is -0.383 e. The van der Waals surface area contributed by atoms with E-state index in [9.17, 15) is 4.79 Å². The zero-order chi connectivity index (χ0) is 12.7. The third-order valence-corrected chi connectivity index (χ3v) is 3.35. The molecule has 2 N–H and O–H groups in total. The van der Waals surface area contributed by atoms with E-state index in [0.717, 1.165) is 12.1 Å². The van der Waals surface area contributed by atoms with Gasteiger partial charge in [-0.2, -0.15) is 5.10 Å². The molecule has 1 aliphatic rings. The molecule has 1 aliphatic heterocycles. The Hall–Kier alpha value is -2.30. The quantitative estimate of drug-likeness (QED) is 0.817. The second-order valence-corrected chi connectivity index (χ2v) is 4.40. The number of carbonyl (C=O) groups excluding carboxylic acids is 1. The van der Waals surface area contributed by atoms with Gasteiger partial charge in [0.05, 0.1) is 6.20 Å². The van der Waals surface area contributed by atoms with Crippen molar-refractivity contribution in [2.24, 2.45) is 7.05 Å². The monoisotopic (exact) mass is 242 g/mol. The molecule has 3 rings (SSSR count). The molecule has 0 saturated carbocycles. The Morgan fingerprint density at radius 1 is 1.39 bits per heavy atom. The first-order valence-corrected chi connectivity index (χ1v) is 5.85. The van der Waals surface area contributed by atoms with Crippen LogP contribution in [0.1, 0.15) is 15.9 Å². The van der Waals surface area contributed by atoms with Gasteiger partial charge in [-0.15, -0.1) is 0 Å². The zero-order valence-electron chi connectivity index (χ0n) is 10.1. The fraction of sp³-hybridized carbons (Fsp3) is 0.231. The van der Waals surface area contributed by atoms with E-state index in [0.29, 0.717) is 17.9 Å². The van der Waals surface area contributed by atoms with Gasteiger partial charge in [0.2, 0.25) is 0 Å². The Morgan fingerprint density at radius 2 is 2.17 bits per heavy atom. The smallest absolute Gasteiger partial charge is 0.263 e. The number of amides is 1. The Kier molecular flexibility index (Phi) is 2.33. The van der Waals surface area contributed by atoms with Crippen LogP contribution in [-0.4, -0.2) is 22.2 Å². The van der Waals surface area contributed by atoms with E-state index in [1.807, 2.05) is 18.2 Å². The SMILES string of the molecule is Cn1ncc(C(=O)N2CCc3ccccc32)c1N. The highest BCUT2D eigenvalue weighted by Gasteiger charge is 2.27. The molecule has 0 unspecified atom stereocenters. The minimum atomic E-state index is -0.0782. The van der Waals surface area contributed by atoms with Crippen molar-refractivity contribution in [3.8, 4) is 0 Å². The Morgan fingerprint density at radius 3 is 2.89 bits per heavy atom. The van der Waals surface area contributed by atoms with E-state index < -0.39 is 0 Å². The fourth-order valence-electron chi connectivity index (χ4n) is 2.31. The molecule has 0 bridgehead atoms. The van der Waals surface area contributed by atoms with E-state index in [1.165, 1.54) is 16.4 Å². The van der Waals surface area contributed by atoms with Crippen molar-refractivity contribution >= 4 is 17.4 Å². The molecular formula is C13H14N4O. The second-order valence-electron chi connectivity index (χ2n) is 4.40. The first kappa shape index (κ1) is 10.8. The molecule has 5 heteroatoms. The Bertz CT molecular complexity index is 617. The average molecular weight is 242 g/mol. The van der Waals surface area contributed by atoms with E-state index in [4.69, 9.17) is 5.73 Å². The maximum absolute atomic E-state index is 12.4. The third kappa shape index (κ3) is 1.48. The van der Waals surface area contributed by atoms with Crippen molar-refractivity contribution in [1.29, 1.82) is 0 Å². The topological polar surface area (TPSA) is 64.2 Å². The standard InChI is InChI=1S/C13H14N4O/c1-16-12(14)10(8-15-16)13(18)17-7-6-9-4-2-3-5-11(9)17/h2-5,8H,6-7,14H2,1H3. The number of nitrogens with zero attached hydrogens (tertiary/aromatic N) is 3. The summed E-state index contributed by atoms with van der Waals surface area (Å²) in [5, 5.41) is 4.01. The first-order valence-electron chi connectivity index (χ1n) is 5.85. The molecule has 0 aliphatic carbocycles. The highest BCUT2D eigenvalue weighted by Crippen LogP contribution is 2.29. The predicted octanol–water partition coefficient (Wildman–Crippen LogP) is 1.21. The number of rotatable bonds is 1. The molecule has 1 aromatic carbocycles. The summed E-state index contributed by atoms with van der Waals surface area (Å²) >= 11 is 0. The Labute approximate surface area is 105 Å². The number of nitrogens with two attached hydrogens (primary N) is 1. The van der Waals surface area contributed by atoms with Crippen molar-refractivity contribution in [1.82, 2.24) is 9.78 Å². The molecule has 18 heavy (non-hydrogen) atoms. The summed E-state index contributed by atoms with van der Waals surface area (Å²) in [7, 11) is 1.73. The van der Waals surface area contributed by atoms with E-state index in [1.54, 1.807) is 11.9 Å². The number of anilines is 2. The largest absolute Gasteiger partial charge is 0.383 e. The van der Waals surface area contributed by atoms with Gasteiger partial charge < -0.3 is 10.6 Å². The fourth-order valence-corrected chi connectivity index (χ4v) is 2.31. The highest BCUT2D eigenvalue weighted by molar-refractivity contribution is 6.09. The van der Waals surface area contributed by atoms with Crippen molar-refractivity contribution < 1.29 is 4.79 Å². The van der Waals surface area contributed by atoms with Gasteiger partial charge in [0.15, 0.2) is 0 Å². The van der Waals surface area contributed by atoms with E-state index in [2.05, 4.69) is 11.2 Å². The van der Waals surface area contributed by atoms with E-state index >= 15 is 0 Å². The number of aromatic nitrogens is 2. The molecule has 0 saturated heterocycles. The molecule has 1 amide bonds. The van der Waals surface area contributed by atoms with Crippen molar-refractivity contribution in [2.45, 2.75) is 6.42 Å². The summed E-state index contributed by atoms with van der Waals surface area (Å²) in [4.78, 5) is 14.2. The molecule has 0 atom stereocenters. The van der Waals surface area contributed by atoms with Gasteiger partial charge in [-0.05, 0) is 18.1 Å². The summed E-state index contributed by atoms with van der Waals surface area (Å²) < 4.78 is 1.51. The predicted molar refractivity (Wildman–Crippen MR) is 69.4 cm³/mol. The van der Waals surface area contributed by atoms with Gasteiger partial charge in [0.25, 0.3) is 5.91 Å². The Balaban J connectivity index is 1.98. The summed E-state index contributed by atoms with van der Waals surface area (Å²) in [6.45, 7) is 0.701. The number of benzene rings is 1. The molecule has 0 radical (unpaired) electrons. The molecular weight excluding hydrogens is 228 g/mol. The molecule has 1 aromatic heterocycles. The summed E-state index contributed by atoms with van der Waals surface area (Å²) in [5.74, 6) is 0.329. The number of nitrogen functional groups attached to an aromatic ring is 1. The zero-order valence-corrected chi connectivity index (χ0v) is 10.1. The van der Waals surface area contributed by atoms with E-state index in [-0.39, 0.29) is 5.91 Å². The molecule has 2 heterocycles. The van der Waals surface area contributed by atoms with Crippen molar-refractivity contribution in [3.05, 3.63) is 41.6 Å². The lowest BCUT2D eigenvalue weighted by atomic mass is 10.2. The van der Waals surface area contributed by atoms with Gasteiger partial charge in [-0.3, -0.25) is 9.48 Å². The first-order chi connectivity index (χ1) is 8.68. The normalized spacial score (nSPS) is 13.7. The summed E-state index contributed by atoms with van der Waals surface area (Å²) in [6.07, 6.45) is 2.42. The highest BCUT2D eigenvalue weighted by atomic mass is 16.2. The van der Waals surface area contributed by atoms with Crippen LogP contribution in [0, 0.1) is 0 Å². The number of carbonyl (C=O) groups is 1. The lowest BCUT2D eigenvalue weighted by molar-refractivity contribution is 0.0990. The minimum absolute atomic E-state index is 0.0782. The lowest BCUT2D eigenvalue weighted by Crippen LogP contribution is -2.29. The molecule has 0 spiro atoms. The lowest BCUT2D eigenvalue weighted by Gasteiger charge is -2.16. The number of para-hydroxylation sites is 1. The van der Waals surface area contributed by atoms with Gasteiger partial charge in [-0.25, -0.2) is 0 Å². The van der Waals surface area contributed by atoms with Crippen LogP contribution in [0.5, 0.6) is 0 Å². The van der Waals surface area contributed by atoms with Gasteiger partial charge in [0, 0.05) is 19.3 Å². The molecule has 92 valence electrons. The maximum atomic E-state index is 12.4. The molecule has 5 nitrogen and oxygen atoms in total. The van der Waals surface area contributed by atoms with Crippen LogP contribution in [0.2, 0.25) is 0 Å². The number of aryl methyl sites for hydroxylation is 1. The molecule has 0 fully saturated rings. The van der Waals surface area contributed by atoms with Crippen LogP contribution in [0.15, 0.2) is 30.5 Å². The number of hydrogen-bond donors (Lipinski definition) is 1. The van der Waals surface area contributed by atoms with Crippen LogP contribution in [0.25, 0.3) is 0 Å². The third-order valence-electron chi connectivity index (χ3n) is 3.35. The van der Waals surface area contributed by atoms with Crippen LogP contribution in [0.3, 0.4) is 0 Å². The second kappa shape index (κ2) is 3.87. The van der Waals surface area contributed by atoms with Crippen LogP contribution >= 0.6 is 0 Å². The van der Waals surface area contributed by atoms with Crippen LogP contribution in [-0.2, 0) is 13.5 Å². The van der Waals surface area contributed by atoms with Gasteiger partial charge in [0.1, 0.15) is 11.4 Å². The van der Waals surface area contributed by atoms with Crippen molar-refractivity contribution in [3.63, 3.8) is 0 Å². The van der Waals surface area contributed by atoms with Gasteiger partial charge >= 0.3 is 0 Å². The number of hydrogen-bond acceptors (Lipinski definition) is 3.